The first-order valence-electron chi connectivity index (χ1n) is 7.76. The van der Waals surface area contributed by atoms with Crippen molar-refractivity contribution < 1.29 is 19.2 Å². The van der Waals surface area contributed by atoms with E-state index in [9.17, 15) is 14.9 Å². The lowest BCUT2D eigenvalue weighted by Crippen LogP contribution is -2.32. The molecular formula is C16H22N2O5. The zero-order valence-corrected chi connectivity index (χ0v) is 13.4. The molecule has 1 aromatic carbocycles. The van der Waals surface area contributed by atoms with Crippen molar-refractivity contribution in [1.29, 1.82) is 0 Å². The molecule has 2 rings (SSSR count). The third kappa shape index (κ3) is 5.01. The summed E-state index contributed by atoms with van der Waals surface area (Å²) in [5, 5.41) is 13.6. The van der Waals surface area contributed by atoms with Gasteiger partial charge in [-0.05, 0) is 39.2 Å². The number of nitrogens with zero attached hydrogens (tertiary/aromatic N) is 1. The van der Waals surface area contributed by atoms with Crippen LogP contribution in [-0.4, -0.2) is 36.3 Å². The minimum Gasteiger partial charge on any atom is -0.376 e. The van der Waals surface area contributed by atoms with Gasteiger partial charge in [-0.15, -0.1) is 0 Å². The van der Waals surface area contributed by atoms with E-state index in [1.54, 1.807) is 26.0 Å². The Bertz CT molecular complexity index is 570. The van der Waals surface area contributed by atoms with Crippen LogP contribution in [-0.2, 0) is 14.3 Å². The van der Waals surface area contributed by atoms with Crippen LogP contribution in [0.15, 0.2) is 18.2 Å². The minimum absolute atomic E-state index is 0.0213. The summed E-state index contributed by atoms with van der Waals surface area (Å²) in [4.78, 5) is 22.6. The summed E-state index contributed by atoms with van der Waals surface area (Å²) < 4.78 is 11.1. The number of hydrogen-bond donors (Lipinski definition) is 1. The molecule has 0 spiro atoms. The number of nitrogens with one attached hydrogen (secondary N) is 1. The Morgan fingerprint density at radius 3 is 2.96 bits per heavy atom. The molecule has 126 valence electrons. The Balaban J connectivity index is 1.87. The van der Waals surface area contributed by atoms with Crippen LogP contribution in [0.25, 0.3) is 0 Å². The van der Waals surface area contributed by atoms with Crippen molar-refractivity contribution in [2.24, 2.45) is 0 Å². The van der Waals surface area contributed by atoms with Gasteiger partial charge in [0.1, 0.15) is 6.10 Å². The van der Waals surface area contributed by atoms with Crippen LogP contribution in [0.2, 0.25) is 0 Å². The van der Waals surface area contributed by atoms with E-state index in [4.69, 9.17) is 9.47 Å². The van der Waals surface area contributed by atoms with Gasteiger partial charge < -0.3 is 14.8 Å². The first kappa shape index (κ1) is 17.4. The third-order valence-corrected chi connectivity index (χ3v) is 3.85. The Labute approximate surface area is 135 Å². The van der Waals surface area contributed by atoms with E-state index in [0.29, 0.717) is 17.9 Å². The number of nitro groups is 1. The molecule has 23 heavy (non-hydrogen) atoms. The van der Waals surface area contributed by atoms with E-state index in [1.165, 1.54) is 6.07 Å². The molecule has 7 nitrogen and oxygen atoms in total. The van der Waals surface area contributed by atoms with Gasteiger partial charge >= 0.3 is 0 Å². The second-order valence-electron chi connectivity index (χ2n) is 5.71. The molecule has 1 aromatic rings. The normalized spacial score (nSPS) is 19.1. The van der Waals surface area contributed by atoms with Crippen molar-refractivity contribution in [2.45, 2.75) is 45.3 Å². The lowest BCUT2D eigenvalue weighted by Gasteiger charge is -2.23. The predicted octanol–water partition coefficient (Wildman–Crippen LogP) is 2.82. The second kappa shape index (κ2) is 8.03. The molecule has 0 aliphatic carbocycles. The van der Waals surface area contributed by atoms with Crippen molar-refractivity contribution >= 4 is 17.3 Å². The van der Waals surface area contributed by atoms with Gasteiger partial charge in [0.2, 0.25) is 0 Å². The van der Waals surface area contributed by atoms with Gasteiger partial charge in [0.05, 0.1) is 17.6 Å². The Morgan fingerprint density at radius 1 is 1.52 bits per heavy atom. The fourth-order valence-corrected chi connectivity index (χ4v) is 2.39. The lowest BCUT2D eigenvalue weighted by molar-refractivity contribution is -0.385. The number of rotatable bonds is 6. The highest BCUT2D eigenvalue weighted by atomic mass is 16.6. The molecule has 0 radical (unpaired) electrons. The van der Waals surface area contributed by atoms with Crippen molar-refractivity contribution in [2.75, 3.05) is 18.5 Å². The van der Waals surface area contributed by atoms with E-state index in [0.717, 1.165) is 25.9 Å². The monoisotopic (exact) mass is 322 g/mol. The van der Waals surface area contributed by atoms with Gasteiger partial charge in [0.25, 0.3) is 11.6 Å². The number of nitro benzene ring substituents is 1. The fourth-order valence-electron chi connectivity index (χ4n) is 2.39. The average Bonchev–Trinajstić information content (AvgIpc) is 2.55. The minimum atomic E-state index is -0.652. The smallest absolute Gasteiger partial charge is 0.274 e. The predicted molar refractivity (Wildman–Crippen MR) is 85.5 cm³/mol. The van der Waals surface area contributed by atoms with E-state index < -0.39 is 11.0 Å². The number of ether oxygens (including phenoxy) is 2. The van der Waals surface area contributed by atoms with Gasteiger partial charge in [0.15, 0.2) is 0 Å². The number of amides is 1. The maximum Gasteiger partial charge on any atom is 0.274 e. The first-order chi connectivity index (χ1) is 11.0. The van der Waals surface area contributed by atoms with Gasteiger partial charge in [-0.1, -0.05) is 6.07 Å². The number of carbonyl (C=O) groups is 1. The van der Waals surface area contributed by atoms with Gasteiger partial charge in [-0.3, -0.25) is 14.9 Å². The highest BCUT2D eigenvalue weighted by Crippen LogP contribution is 2.22. The molecule has 0 unspecified atom stereocenters. The van der Waals surface area contributed by atoms with Gasteiger partial charge in [-0.25, -0.2) is 0 Å². The molecule has 1 heterocycles. The molecule has 1 aliphatic rings. The summed E-state index contributed by atoms with van der Waals surface area (Å²) in [5.41, 5.74) is 0.912. The number of benzene rings is 1. The highest BCUT2D eigenvalue weighted by Gasteiger charge is 2.20. The van der Waals surface area contributed by atoms with E-state index >= 15 is 0 Å². The lowest BCUT2D eigenvalue weighted by atomic mass is 10.1. The Kier molecular flexibility index (Phi) is 6.06. The van der Waals surface area contributed by atoms with Crippen LogP contribution in [0.5, 0.6) is 0 Å². The fraction of sp³-hybridized carbons (Fsp3) is 0.562. The average molecular weight is 322 g/mol. The van der Waals surface area contributed by atoms with Crippen LogP contribution in [0, 0.1) is 17.0 Å². The summed E-state index contributed by atoms with van der Waals surface area (Å²) in [6, 6.07) is 4.59. The largest absolute Gasteiger partial charge is 0.376 e. The van der Waals surface area contributed by atoms with E-state index in [1.807, 2.05) is 0 Å². The second-order valence-corrected chi connectivity index (χ2v) is 5.71. The van der Waals surface area contributed by atoms with Crippen LogP contribution in [0.4, 0.5) is 11.4 Å². The maximum atomic E-state index is 12.1. The van der Waals surface area contributed by atoms with Crippen LogP contribution in [0.1, 0.15) is 31.7 Å². The molecule has 2 atom stereocenters. The first-order valence-corrected chi connectivity index (χ1v) is 7.76. The number of carbonyl (C=O) groups excluding carboxylic acids is 1. The van der Waals surface area contributed by atoms with Crippen molar-refractivity contribution in [3.63, 3.8) is 0 Å². The molecule has 0 saturated carbocycles. The van der Waals surface area contributed by atoms with Gasteiger partial charge in [-0.2, -0.15) is 0 Å². The molecule has 7 heteroatoms. The Morgan fingerprint density at radius 2 is 2.30 bits per heavy atom. The molecular weight excluding hydrogens is 300 g/mol. The quantitative estimate of drug-likeness (QED) is 0.642. The molecule has 1 aliphatic heterocycles. The third-order valence-electron chi connectivity index (χ3n) is 3.85. The molecule has 1 N–H and O–H groups in total. The molecule has 0 aromatic heterocycles. The van der Waals surface area contributed by atoms with E-state index in [-0.39, 0.29) is 17.7 Å². The summed E-state index contributed by atoms with van der Waals surface area (Å²) in [5.74, 6) is -0.334. The van der Waals surface area contributed by atoms with Crippen molar-refractivity contribution in [3.8, 4) is 0 Å². The zero-order chi connectivity index (χ0) is 16.8. The summed E-state index contributed by atoms with van der Waals surface area (Å²) in [7, 11) is 0. The van der Waals surface area contributed by atoms with E-state index in [2.05, 4.69) is 5.32 Å². The Hall–Kier alpha value is -1.99. The van der Waals surface area contributed by atoms with Gasteiger partial charge in [0, 0.05) is 23.9 Å². The highest BCUT2D eigenvalue weighted by molar-refractivity contribution is 5.94. The number of hydrogen-bond acceptors (Lipinski definition) is 5. The number of aryl methyl sites for hydroxylation is 1. The summed E-state index contributed by atoms with van der Waals surface area (Å²) in [6.07, 6.45) is 2.51. The molecule has 1 fully saturated rings. The summed E-state index contributed by atoms with van der Waals surface area (Å²) >= 11 is 0. The molecule has 1 amide bonds. The topological polar surface area (TPSA) is 90.7 Å². The van der Waals surface area contributed by atoms with Crippen LogP contribution >= 0.6 is 0 Å². The van der Waals surface area contributed by atoms with Crippen molar-refractivity contribution in [3.05, 3.63) is 33.9 Å². The standard InChI is InChI=1S/C16H22N2O5/c1-11-6-7-13(9-15(11)18(20)21)17-16(19)12(2)23-10-14-5-3-4-8-22-14/h6-7,9,12,14H,3-5,8,10H2,1-2H3,(H,17,19)/t12-,14+/m1/s1. The van der Waals surface area contributed by atoms with Crippen molar-refractivity contribution in [1.82, 2.24) is 0 Å². The van der Waals surface area contributed by atoms with Crippen LogP contribution < -0.4 is 5.32 Å². The number of anilines is 1. The molecule has 1 saturated heterocycles. The zero-order valence-electron chi connectivity index (χ0n) is 13.4. The molecule has 0 bridgehead atoms. The summed E-state index contributed by atoms with van der Waals surface area (Å²) in [6.45, 7) is 4.42. The van der Waals surface area contributed by atoms with Crippen LogP contribution in [0.3, 0.4) is 0 Å². The maximum absolute atomic E-state index is 12.1. The SMILES string of the molecule is Cc1ccc(NC(=O)[C@@H](C)OC[C@@H]2CCCCO2)cc1[N+](=O)[O-].